The van der Waals surface area contributed by atoms with Crippen molar-refractivity contribution in [2.75, 3.05) is 32.9 Å². The molecule has 1 aliphatic rings. The van der Waals surface area contributed by atoms with Gasteiger partial charge in [0.15, 0.2) is 5.84 Å². The number of hydrogen-bond acceptors (Lipinski definition) is 5. The molecule has 1 heterocycles. The van der Waals surface area contributed by atoms with Gasteiger partial charge in [0.1, 0.15) is 12.7 Å². The van der Waals surface area contributed by atoms with Crippen LogP contribution in [0.15, 0.2) is 5.16 Å². The maximum Gasteiger partial charge on any atom is 0.248 e. The number of rotatable bonds is 4. The molecule has 1 rings (SSSR count). The summed E-state index contributed by atoms with van der Waals surface area (Å²) >= 11 is 0. The van der Waals surface area contributed by atoms with Gasteiger partial charge in [0.25, 0.3) is 0 Å². The van der Waals surface area contributed by atoms with Crippen LogP contribution >= 0.6 is 0 Å². The largest absolute Gasteiger partial charge is 0.409 e. The summed E-state index contributed by atoms with van der Waals surface area (Å²) < 4.78 is 10.3. The van der Waals surface area contributed by atoms with E-state index in [9.17, 15) is 4.79 Å². The highest BCUT2D eigenvalue weighted by Gasteiger charge is 2.26. The molecule has 0 radical (unpaired) electrons. The number of nitrogens with zero attached hydrogens (tertiary/aromatic N) is 2. The van der Waals surface area contributed by atoms with Gasteiger partial charge in [0, 0.05) is 13.2 Å². The number of morpholine rings is 1. The Labute approximate surface area is 93.8 Å². The third kappa shape index (κ3) is 3.35. The van der Waals surface area contributed by atoms with E-state index in [1.807, 2.05) is 6.92 Å². The number of nitrogens with two attached hydrogens (primary N) is 1. The van der Waals surface area contributed by atoms with E-state index in [4.69, 9.17) is 20.4 Å². The van der Waals surface area contributed by atoms with E-state index in [0.29, 0.717) is 26.3 Å². The highest BCUT2D eigenvalue weighted by molar-refractivity contribution is 5.86. The molecule has 0 saturated carbocycles. The molecule has 7 nitrogen and oxygen atoms in total. The smallest absolute Gasteiger partial charge is 0.248 e. The fourth-order valence-electron chi connectivity index (χ4n) is 1.40. The maximum atomic E-state index is 11.6. The van der Waals surface area contributed by atoms with E-state index in [0.717, 1.165) is 0 Å². The van der Waals surface area contributed by atoms with E-state index in [2.05, 4.69) is 5.16 Å². The zero-order valence-corrected chi connectivity index (χ0v) is 9.26. The van der Waals surface area contributed by atoms with E-state index in [-0.39, 0.29) is 18.3 Å². The van der Waals surface area contributed by atoms with E-state index < -0.39 is 6.10 Å². The molecule has 0 aromatic rings. The van der Waals surface area contributed by atoms with Crippen LogP contribution in [0.2, 0.25) is 0 Å². The quantitative estimate of drug-likeness (QED) is 0.280. The van der Waals surface area contributed by atoms with Gasteiger partial charge in [0.2, 0.25) is 5.91 Å². The van der Waals surface area contributed by atoms with Crippen molar-refractivity contribution < 1.29 is 19.5 Å². The van der Waals surface area contributed by atoms with Gasteiger partial charge in [-0.15, -0.1) is 0 Å². The standard InChI is InChI=1S/C9H17N3O4/c1-2-15-6-8(13)12-3-4-16-7(5-12)9(10)11-14/h7,14H,2-6H2,1H3,(H2,10,11). The van der Waals surface area contributed by atoms with Crippen molar-refractivity contribution >= 4 is 11.7 Å². The third-order valence-corrected chi connectivity index (χ3v) is 2.29. The predicted octanol–water partition coefficient (Wildman–Crippen LogP) is -1.00. The van der Waals surface area contributed by atoms with Gasteiger partial charge in [-0.1, -0.05) is 5.16 Å². The zero-order valence-electron chi connectivity index (χ0n) is 9.26. The van der Waals surface area contributed by atoms with Crippen molar-refractivity contribution in [3.63, 3.8) is 0 Å². The summed E-state index contributed by atoms with van der Waals surface area (Å²) in [5, 5.41) is 11.4. The number of amidine groups is 1. The lowest BCUT2D eigenvalue weighted by molar-refractivity contribution is -0.141. The summed E-state index contributed by atoms with van der Waals surface area (Å²) in [5.41, 5.74) is 5.42. The van der Waals surface area contributed by atoms with Crippen LogP contribution in [-0.2, 0) is 14.3 Å². The molecule has 1 unspecified atom stereocenters. The monoisotopic (exact) mass is 231 g/mol. The minimum atomic E-state index is -0.538. The SMILES string of the molecule is CCOCC(=O)N1CCOC(C(N)=NO)C1. The van der Waals surface area contributed by atoms with Crippen LogP contribution in [-0.4, -0.2) is 60.9 Å². The topological polar surface area (TPSA) is 97.4 Å². The Morgan fingerprint density at radius 2 is 2.50 bits per heavy atom. The minimum absolute atomic E-state index is 0.0195. The molecular formula is C9H17N3O4. The second-order valence-corrected chi connectivity index (χ2v) is 3.36. The van der Waals surface area contributed by atoms with Crippen LogP contribution in [0, 0.1) is 0 Å². The van der Waals surface area contributed by atoms with Crippen LogP contribution in [0.3, 0.4) is 0 Å². The number of ether oxygens (including phenoxy) is 2. The molecule has 3 N–H and O–H groups in total. The minimum Gasteiger partial charge on any atom is -0.409 e. The second kappa shape index (κ2) is 6.29. The van der Waals surface area contributed by atoms with E-state index >= 15 is 0 Å². The first-order valence-electron chi connectivity index (χ1n) is 5.13. The molecule has 92 valence electrons. The second-order valence-electron chi connectivity index (χ2n) is 3.36. The van der Waals surface area contributed by atoms with Crippen molar-refractivity contribution in [1.82, 2.24) is 4.90 Å². The van der Waals surface area contributed by atoms with Crippen LogP contribution in [0.25, 0.3) is 0 Å². The Kier molecular flexibility index (Phi) is 5.00. The molecule has 0 aliphatic carbocycles. The van der Waals surface area contributed by atoms with Gasteiger partial charge in [-0.25, -0.2) is 0 Å². The van der Waals surface area contributed by atoms with Crippen LogP contribution < -0.4 is 5.73 Å². The summed E-state index contributed by atoms with van der Waals surface area (Å²) in [5.74, 6) is -0.130. The molecule has 0 bridgehead atoms. The van der Waals surface area contributed by atoms with Crippen molar-refractivity contribution in [2.45, 2.75) is 13.0 Å². The summed E-state index contributed by atoms with van der Waals surface area (Å²) in [7, 11) is 0. The Bertz CT molecular complexity index is 269. The number of hydrogen-bond donors (Lipinski definition) is 2. The average molecular weight is 231 g/mol. The fraction of sp³-hybridized carbons (Fsp3) is 0.778. The first-order valence-corrected chi connectivity index (χ1v) is 5.13. The van der Waals surface area contributed by atoms with Crippen LogP contribution in [0.4, 0.5) is 0 Å². The van der Waals surface area contributed by atoms with Crippen molar-refractivity contribution in [3.8, 4) is 0 Å². The molecule has 1 aliphatic heterocycles. The number of amides is 1. The van der Waals surface area contributed by atoms with Gasteiger partial charge >= 0.3 is 0 Å². The lowest BCUT2D eigenvalue weighted by Crippen LogP contribution is -2.51. The Hall–Kier alpha value is -1.34. The molecule has 16 heavy (non-hydrogen) atoms. The van der Waals surface area contributed by atoms with E-state index in [1.54, 1.807) is 4.90 Å². The molecule has 0 spiro atoms. The van der Waals surface area contributed by atoms with Crippen LogP contribution in [0.1, 0.15) is 6.92 Å². The van der Waals surface area contributed by atoms with Crippen molar-refractivity contribution in [2.24, 2.45) is 10.9 Å². The normalized spacial score (nSPS) is 22.2. The number of carbonyl (C=O) groups is 1. The highest BCUT2D eigenvalue weighted by Crippen LogP contribution is 2.05. The summed E-state index contributed by atoms with van der Waals surface area (Å²) in [6, 6.07) is 0. The highest BCUT2D eigenvalue weighted by atomic mass is 16.5. The first kappa shape index (κ1) is 12.7. The lowest BCUT2D eigenvalue weighted by atomic mass is 10.2. The van der Waals surface area contributed by atoms with Gasteiger partial charge in [-0.05, 0) is 6.92 Å². The first-order chi connectivity index (χ1) is 7.69. The number of carbonyl (C=O) groups excluding carboxylic acids is 1. The molecule has 0 aromatic heterocycles. The van der Waals surface area contributed by atoms with Crippen LogP contribution in [0.5, 0.6) is 0 Å². The summed E-state index contributed by atoms with van der Waals surface area (Å²) in [4.78, 5) is 13.2. The Morgan fingerprint density at radius 3 is 3.12 bits per heavy atom. The zero-order chi connectivity index (χ0) is 12.0. The van der Waals surface area contributed by atoms with Crippen molar-refractivity contribution in [3.05, 3.63) is 0 Å². The van der Waals surface area contributed by atoms with Gasteiger partial charge in [0.05, 0.1) is 13.2 Å². The molecule has 0 aromatic carbocycles. The van der Waals surface area contributed by atoms with Gasteiger partial charge < -0.3 is 25.3 Å². The molecule has 1 fully saturated rings. The Morgan fingerprint density at radius 1 is 1.75 bits per heavy atom. The van der Waals surface area contributed by atoms with Gasteiger partial charge in [-0.3, -0.25) is 4.79 Å². The van der Waals surface area contributed by atoms with Crippen molar-refractivity contribution in [1.29, 1.82) is 0 Å². The fourth-order valence-corrected chi connectivity index (χ4v) is 1.40. The summed E-state index contributed by atoms with van der Waals surface area (Å²) in [6.07, 6.45) is -0.538. The summed E-state index contributed by atoms with van der Waals surface area (Å²) in [6.45, 7) is 3.55. The number of oxime groups is 1. The molecule has 7 heteroatoms. The predicted molar refractivity (Wildman–Crippen MR) is 56.2 cm³/mol. The molecule has 1 amide bonds. The molecular weight excluding hydrogens is 214 g/mol. The Balaban J connectivity index is 2.47. The lowest BCUT2D eigenvalue weighted by Gasteiger charge is -2.32. The molecule has 1 saturated heterocycles. The average Bonchev–Trinajstić information content (AvgIpc) is 2.35. The van der Waals surface area contributed by atoms with E-state index in [1.165, 1.54) is 0 Å². The van der Waals surface area contributed by atoms with Gasteiger partial charge in [-0.2, -0.15) is 0 Å². The third-order valence-electron chi connectivity index (χ3n) is 2.29. The molecule has 1 atom stereocenters. The maximum absolute atomic E-state index is 11.6.